The first-order valence-corrected chi connectivity index (χ1v) is 7.01. The number of rotatable bonds is 4. The molecule has 0 aliphatic carbocycles. The summed E-state index contributed by atoms with van der Waals surface area (Å²) in [6.45, 7) is 1.99. The van der Waals surface area contributed by atoms with Crippen LogP contribution in [0.25, 0.3) is 0 Å². The highest BCUT2D eigenvalue weighted by Gasteiger charge is 2.15. The van der Waals surface area contributed by atoms with Gasteiger partial charge in [-0.05, 0) is 35.0 Å². The molecule has 0 unspecified atom stereocenters. The molecule has 0 aliphatic heterocycles. The van der Waals surface area contributed by atoms with E-state index in [9.17, 15) is 4.79 Å². The minimum Gasteiger partial charge on any atom is -0.497 e. The van der Waals surface area contributed by atoms with E-state index in [0.29, 0.717) is 17.0 Å². The minimum atomic E-state index is -0.466. The number of halogens is 1. The predicted molar refractivity (Wildman–Crippen MR) is 82.2 cm³/mol. The smallest absolute Gasteiger partial charge is 0.338 e. The Labute approximate surface area is 131 Å². The zero-order valence-electron chi connectivity index (χ0n) is 12.0. The Morgan fingerprint density at radius 3 is 2.71 bits per heavy atom. The Morgan fingerprint density at radius 2 is 2.14 bits per heavy atom. The van der Waals surface area contributed by atoms with E-state index in [1.54, 1.807) is 29.9 Å². The van der Waals surface area contributed by atoms with Crippen molar-refractivity contribution in [3.63, 3.8) is 0 Å². The van der Waals surface area contributed by atoms with E-state index >= 15 is 0 Å². The molecule has 2 aromatic rings. The van der Waals surface area contributed by atoms with Gasteiger partial charge in [0.25, 0.3) is 0 Å². The average molecular weight is 354 g/mol. The van der Waals surface area contributed by atoms with E-state index in [-0.39, 0.29) is 6.61 Å². The molecular formula is C14H16BrN3O3. The standard InChI is InChI=1S/C14H16BrN3O3/c1-8-13(15)12(18(2)17-8)7-21-14(19)9-4-10(16)6-11(5-9)20-3/h4-6H,7,16H2,1-3H3. The van der Waals surface area contributed by atoms with Crippen LogP contribution in [0.15, 0.2) is 22.7 Å². The Bertz CT molecular complexity index is 682. The van der Waals surface area contributed by atoms with Crippen molar-refractivity contribution in [2.75, 3.05) is 12.8 Å². The molecule has 2 N–H and O–H groups in total. The van der Waals surface area contributed by atoms with Gasteiger partial charge >= 0.3 is 5.97 Å². The van der Waals surface area contributed by atoms with Crippen molar-refractivity contribution < 1.29 is 14.3 Å². The molecule has 1 heterocycles. The van der Waals surface area contributed by atoms with Gasteiger partial charge in [0.2, 0.25) is 0 Å². The number of methoxy groups -OCH3 is 1. The number of carbonyl (C=O) groups excluding carboxylic acids is 1. The number of nitrogens with zero attached hydrogens (tertiary/aromatic N) is 2. The van der Waals surface area contributed by atoms with Crippen LogP contribution >= 0.6 is 15.9 Å². The summed E-state index contributed by atoms with van der Waals surface area (Å²) in [5.41, 5.74) is 8.15. The third kappa shape index (κ3) is 3.36. The van der Waals surface area contributed by atoms with Gasteiger partial charge in [0.05, 0.1) is 28.5 Å². The molecule has 0 atom stereocenters. The average Bonchev–Trinajstić information content (AvgIpc) is 2.69. The zero-order valence-corrected chi connectivity index (χ0v) is 13.6. The topological polar surface area (TPSA) is 79.4 Å². The molecule has 0 radical (unpaired) electrons. The van der Waals surface area contributed by atoms with Crippen LogP contribution in [0.3, 0.4) is 0 Å². The Morgan fingerprint density at radius 1 is 1.43 bits per heavy atom. The molecule has 0 saturated heterocycles. The maximum absolute atomic E-state index is 12.1. The number of esters is 1. The number of aryl methyl sites for hydroxylation is 2. The summed E-state index contributed by atoms with van der Waals surface area (Å²) >= 11 is 3.43. The summed E-state index contributed by atoms with van der Waals surface area (Å²) in [6.07, 6.45) is 0. The molecular weight excluding hydrogens is 338 g/mol. The number of ether oxygens (including phenoxy) is 2. The van der Waals surface area contributed by atoms with Crippen LogP contribution < -0.4 is 10.5 Å². The first kappa shape index (κ1) is 15.4. The van der Waals surface area contributed by atoms with Crippen LogP contribution in [0.4, 0.5) is 5.69 Å². The molecule has 0 fully saturated rings. The molecule has 21 heavy (non-hydrogen) atoms. The fraction of sp³-hybridized carbons (Fsp3) is 0.286. The van der Waals surface area contributed by atoms with Gasteiger partial charge in [-0.2, -0.15) is 5.10 Å². The lowest BCUT2D eigenvalue weighted by Gasteiger charge is -2.08. The van der Waals surface area contributed by atoms with Crippen molar-refractivity contribution in [2.24, 2.45) is 7.05 Å². The number of nitrogens with two attached hydrogens (primary N) is 1. The molecule has 2 rings (SSSR count). The Hall–Kier alpha value is -2.02. The van der Waals surface area contributed by atoms with Gasteiger partial charge in [-0.15, -0.1) is 0 Å². The molecule has 112 valence electrons. The summed E-state index contributed by atoms with van der Waals surface area (Å²) < 4.78 is 12.9. The van der Waals surface area contributed by atoms with Gasteiger partial charge < -0.3 is 15.2 Å². The Balaban J connectivity index is 2.13. The summed E-state index contributed by atoms with van der Waals surface area (Å²) in [7, 11) is 3.31. The van der Waals surface area contributed by atoms with E-state index in [0.717, 1.165) is 15.9 Å². The summed E-state index contributed by atoms with van der Waals surface area (Å²) in [6, 6.07) is 4.77. The number of aromatic nitrogens is 2. The first-order chi connectivity index (χ1) is 9.92. The number of carbonyl (C=O) groups is 1. The summed E-state index contributed by atoms with van der Waals surface area (Å²) in [5, 5.41) is 4.24. The highest BCUT2D eigenvalue weighted by Crippen LogP contribution is 2.22. The molecule has 6 nitrogen and oxygen atoms in total. The molecule has 0 bridgehead atoms. The molecule has 0 amide bonds. The quantitative estimate of drug-likeness (QED) is 0.674. The van der Waals surface area contributed by atoms with Crippen molar-refractivity contribution in [3.05, 3.63) is 39.6 Å². The lowest BCUT2D eigenvalue weighted by Crippen LogP contribution is -2.09. The number of nitrogen functional groups attached to an aromatic ring is 1. The van der Waals surface area contributed by atoms with E-state index in [2.05, 4.69) is 21.0 Å². The molecule has 0 aliphatic rings. The van der Waals surface area contributed by atoms with E-state index in [1.807, 2.05) is 6.92 Å². The molecule has 0 saturated carbocycles. The second-order valence-electron chi connectivity index (χ2n) is 4.54. The monoisotopic (exact) mass is 353 g/mol. The van der Waals surface area contributed by atoms with Crippen LogP contribution in [0.2, 0.25) is 0 Å². The fourth-order valence-corrected chi connectivity index (χ4v) is 2.36. The van der Waals surface area contributed by atoms with Gasteiger partial charge in [0, 0.05) is 18.8 Å². The number of anilines is 1. The van der Waals surface area contributed by atoms with Crippen LogP contribution in [0.5, 0.6) is 5.75 Å². The van der Waals surface area contributed by atoms with Gasteiger partial charge in [-0.3, -0.25) is 4.68 Å². The summed E-state index contributed by atoms with van der Waals surface area (Å²) in [4.78, 5) is 12.1. The SMILES string of the molecule is COc1cc(N)cc(C(=O)OCc2c(Br)c(C)nn2C)c1. The highest BCUT2D eigenvalue weighted by atomic mass is 79.9. The fourth-order valence-electron chi connectivity index (χ4n) is 1.91. The molecule has 7 heteroatoms. The van der Waals surface area contributed by atoms with Crippen molar-refractivity contribution >= 4 is 27.6 Å². The lowest BCUT2D eigenvalue weighted by atomic mass is 10.2. The van der Waals surface area contributed by atoms with Crippen molar-refractivity contribution in [1.29, 1.82) is 0 Å². The summed E-state index contributed by atoms with van der Waals surface area (Å²) in [5.74, 6) is 0.0471. The van der Waals surface area contributed by atoms with Crippen molar-refractivity contribution in [2.45, 2.75) is 13.5 Å². The molecule has 1 aromatic carbocycles. The number of hydrogen-bond donors (Lipinski definition) is 1. The normalized spacial score (nSPS) is 10.5. The van der Waals surface area contributed by atoms with E-state index in [4.69, 9.17) is 15.2 Å². The first-order valence-electron chi connectivity index (χ1n) is 6.22. The second kappa shape index (κ2) is 6.17. The maximum atomic E-state index is 12.1. The van der Waals surface area contributed by atoms with E-state index < -0.39 is 5.97 Å². The second-order valence-corrected chi connectivity index (χ2v) is 5.33. The highest BCUT2D eigenvalue weighted by molar-refractivity contribution is 9.10. The van der Waals surface area contributed by atoms with Crippen LogP contribution in [-0.2, 0) is 18.4 Å². The van der Waals surface area contributed by atoms with Crippen LogP contribution in [-0.4, -0.2) is 22.9 Å². The van der Waals surface area contributed by atoms with Crippen LogP contribution in [0, 0.1) is 6.92 Å². The largest absolute Gasteiger partial charge is 0.497 e. The van der Waals surface area contributed by atoms with E-state index in [1.165, 1.54) is 7.11 Å². The van der Waals surface area contributed by atoms with Gasteiger partial charge in [-0.25, -0.2) is 4.79 Å². The van der Waals surface area contributed by atoms with Gasteiger partial charge in [0.1, 0.15) is 12.4 Å². The predicted octanol–water partition coefficient (Wildman–Crippen LogP) is 2.44. The molecule has 1 aromatic heterocycles. The van der Waals surface area contributed by atoms with Crippen LogP contribution in [0.1, 0.15) is 21.7 Å². The third-order valence-electron chi connectivity index (χ3n) is 3.00. The number of hydrogen-bond acceptors (Lipinski definition) is 5. The third-order valence-corrected chi connectivity index (χ3v) is 4.03. The lowest BCUT2D eigenvalue weighted by molar-refractivity contribution is 0.0462. The van der Waals surface area contributed by atoms with Gasteiger partial charge in [0.15, 0.2) is 0 Å². The Kier molecular flexibility index (Phi) is 4.52. The molecule has 0 spiro atoms. The van der Waals surface area contributed by atoms with Crippen molar-refractivity contribution in [1.82, 2.24) is 9.78 Å². The maximum Gasteiger partial charge on any atom is 0.338 e. The van der Waals surface area contributed by atoms with Crippen molar-refractivity contribution in [3.8, 4) is 5.75 Å². The minimum absolute atomic E-state index is 0.119. The number of benzene rings is 1. The zero-order chi connectivity index (χ0) is 15.6. The van der Waals surface area contributed by atoms with Gasteiger partial charge in [-0.1, -0.05) is 0 Å².